The van der Waals surface area contributed by atoms with Gasteiger partial charge in [0.25, 0.3) is 5.91 Å². The molecule has 1 aromatic heterocycles. The molecule has 5 nitrogen and oxygen atoms in total. The molecule has 1 aliphatic heterocycles. The fourth-order valence-corrected chi connectivity index (χ4v) is 3.06. The van der Waals surface area contributed by atoms with E-state index in [0.29, 0.717) is 18.5 Å². The van der Waals surface area contributed by atoms with Gasteiger partial charge in [0, 0.05) is 18.8 Å². The Morgan fingerprint density at radius 3 is 2.79 bits per heavy atom. The molecule has 2 heterocycles. The van der Waals surface area contributed by atoms with Crippen LogP contribution in [0.5, 0.6) is 0 Å². The topological polar surface area (TPSA) is 70.5 Å². The minimum Gasteiger partial charge on any atom is -0.477 e. The quantitative estimate of drug-likeness (QED) is 0.937. The number of nitrogens with zero attached hydrogens (tertiary/aromatic N) is 2. The number of carbonyl (C=O) groups excluding carboxylic acids is 1. The maximum atomic E-state index is 13.3. The van der Waals surface area contributed by atoms with Gasteiger partial charge in [0.1, 0.15) is 11.5 Å². The lowest BCUT2D eigenvalue weighted by atomic mass is 10.0. The summed E-state index contributed by atoms with van der Waals surface area (Å²) in [6, 6.07) is 9.23. The smallest absolute Gasteiger partial charge is 0.354 e. The van der Waals surface area contributed by atoms with E-state index in [2.05, 4.69) is 4.98 Å². The number of aromatic nitrogens is 1. The number of carboxylic acid groups (broad SMARTS) is 1. The lowest BCUT2D eigenvalue weighted by Crippen LogP contribution is -2.36. The van der Waals surface area contributed by atoms with Crippen LogP contribution in [0.1, 0.15) is 39.3 Å². The van der Waals surface area contributed by atoms with Gasteiger partial charge < -0.3 is 10.0 Å². The zero-order valence-corrected chi connectivity index (χ0v) is 13.0. The highest BCUT2D eigenvalue weighted by atomic mass is 19.1. The second-order valence-corrected chi connectivity index (χ2v) is 5.87. The molecule has 1 atom stereocenters. The van der Waals surface area contributed by atoms with Crippen molar-refractivity contribution in [1.82, 2.24) is 9.88 Å². The van der Waals surface area contributed by atoms with Crippen LogP contribution >= 0.6 is 0 Å². The Morgan fingerprint density at radius 2 is 2.12 bits per heavy atom. The second kappa shape index (κ2) is 6.78. The summed E-state index contributed by atoms with van der Waals surface area (Å²) < 4.78 is 13.3. The molecule has 0 spiro atoms. The predicted octanol–water partition coefficient (Wildman–Crippen LogP) is 2.77. The number of amides is 1. The number of rotatable bonds is 4. The van der Waals surface area contributed by atoms with Crippen molar-refractivity contribution in [2.45, 2.75) is 25.3 Å². The first-order chi connectivity index (χ1) is 11.5. The van der Waals surface area contributed by atoms with Gasteiger partial charge in [-0.2, -0.15) is 0 Å². The second-order valence-electron chi connectivity index (χ2n) is 5.87. The minimum atomic E-state index is -1.13. The van der Waals surface area contributed by atoms with Crippen LogP contribution in [-0.4, -0.2) is 39.5 Å². The number of benzene rings is 1. The van der Waals surface area contributed by atoms with Crippen molar-refractivity contribution in [3.8, 4) is 0 Å². The Labute approximate surface area is 138 Å². The predicted molar refractivity (Wildman–Crippen MR) is 85.4 cm³/mol. The number of hydrogen-bond donors (Lipinski definition) is 1. The first-order valence-electron chi connectivity index (χ1n) is 7.79. The molecule has 2 aromatic rings. The molecule has 0 bridgehead atoms. The summed E-state index contributed by atoms with van der Waals surface area (Å²) in [4.78, 5) is 29.1. The molecule has 0 saturated carbocycles. The summed E-state index contributed by atoms with van der Waals surface area (Å²) in [5.41, 5.74) is 1.13. The largest absolute Gasteiger partial charge is 0.477 e. The fourth-order valence-electron chi connectivity index (χ4n) is 3.06. The Balaban J connectivity index is 1.74. The minimum absolute atomic E-state index is 0.0125. The number of likely N-dealkylation sites (tertiary alicyclic amines) is 1. The third-order valence-electron chi connectivity index (χ3n) is 4.23. The van der Waals surface area contributed by atoms with Crippen molar-refractivity contribution in [3.63, 3.8) is 0 Å². The molecular formula is C18H17FN2O3. The summed E-state index contributed by atoms with van der Waals surface area (Å²) in [5.74, 6) is -1.57. The lowest BCUT2D eigenvalue weighted by Gasteiger charge is -2.25. The number of pyridine rings is 1. The maximum Gasteiger partial charge on any atom is 0.354 e. The van der Waals surface area contributed by atoms with Crippen molar-refractivity contribution >= 4 is 11.9 Å². The Kier molecular flexibility index (Phi) is 4.55. The number of hydrogen-bond acceptors (Lipinski definition) is 3. The molecule has 0 aliphatic carbocycles. The summed E-state index contributed by atoms with van der Waals surface area (Å²) >= 11 is 0. The number of aromatic carboxylic acids is 1. The standard InChI is InChI=1S/C18H17FN2O3/c19-14-4-1-3-12(9-14)10-15-5-2-8-21(15)17(22)13-6-7-16(18(23)24)20-11-13/h1,3-4,6-7,9,11,15H,2,5,8,10H2,(H,23,24). The van der Waals surface area contributed by atoms with E-state index in [1.54, 1.807) is 11.0 Å². The van der Waals surface area contributed by atoms with Crippen molar-refractivity contribution < 1.29 is 19.1 Å². The highest BCUT2D eigenvalue weighted by Crippen LogP contribution is 2.23. The first kappa shape index (κ1) is 16.1. The average molecular weight is 328 g/mol. The van der Waals surface area contributed by atoms with Crippen molar-refractivity contribution in [2.24, 2.45) is 0 Å². The van der Waals surface area contributed by atoms with E-state index < -0.39 is 5.97 Å². The van der Waals surface area contributed by atoms with Gasteiger partial charge in [0.2, 0.25) is 0 Å². The molecule has 124 valence electrons. The van der Waals surface area contributed by atoms with Crippen LogP contribution in [-0.2, 0) is 6.42 Å². The summed E-state index contributed by atoms with van der Waals surface area (Å²) in [7, 11) is 0. The Morgan fingerprint density at radius 1 is 1.29 bits per heavy atom. The highest BCUT2D eigenvalue weighted by molar-refractivity contribution is 5.95. The molecule has 0 radical (unpaired) electrons. The summed E-state index contributed by atoms with van der Waals surface area (Å²) in [5, 5.41) is 8.87. The van der Waals surface area contributed by atoms with Crippen LogP contribution in [0.3, 0.4) is 0 Å². The third-order valence-corrected chi connectivity index (χ3v) is 4.23. The number of carbonyl (C=O) groups is 2. The molecule has 1 N–H and O–H groups in total. The molecule has 1 saturated heterocycles. The Hall–Kier alpha value is -2.76. The highest BCUT2D eigenvalue weighted by Gasteiger charge is 2.29. The van der Waals surface area contributed by atoms with Crippen LogP contribution in [0.2, 0.25) is 0 Å². The zero-order valence-electron chi connectivity index (χ0n) is 13.0. The molecule has 3 rings (SSSR count). The summed E-state index contributed by atoms with van der Waals surface area (Å²) in [6.07, 6.45) is 3.66. The molecule has 24 heavy (non-hydrogen) atoms. The molecular weight excluding hydrogens is 311 g/mol. The van der Waals surface area contributed by atoms with Crippen LogP contribution < -0.4 is 0 Å². The summed E-state index contributed by atoms with van der Waals surface area (Å²) in [6.45, 7) is 0.638. The zero-order chi connectivity index (χ0) is 17.1. The number of carboxylic acids is 1. The van der Waals surface area contributed by atoms with Gasteiger partial charge in [-0.25, -0.2) is 14.2 Å². The van der Waals surface area contributed by atoms with E-state index in [4.69, 9.17) is 5.11 Å². The van der Waals surface area contributed by atoms with Crippen molar-refractivity contribution in [2.75, 3.05) is 6.54 Å². The third kappa shape index (κ3) is 3.42. The fraction of sp³-hybridized carbons (Fsp3) is 0.278. The molecule has 1 aliphatic rings. The van der Waals surface area contributed by atoms with Gasteiger partial charge in [-0.3, -0.25) is 4.79 Å². The molecule has 1 amide bonds. The first-order valence-corrected chi connectivity index (χ1v) is 7.79. The van der Waals surface area contributed by atoms with E-state index in [0.717, 1.165) is 18.4 Å². The van der Waals surface area contributed by atoms with Crippen LogP contribution in [0.4, 0.5) is 4.39 Å². The molecule has 1 aromatic carbocycles. The van der Waals surface area contributed by atoms with Crippen LogP contribution in [0.15, 0.2) is 42.6 Å². The van der Waals surface area contributed by atoms with E-state index in [9.17, 15) is 14.0 Å². The van der Waals surface area contributed by atoms with Gasteiger partial charge in [-0.15, -0.1) is 0 Å². The van der Waals surface area contributed by atoms with Gasteiger partial charge >= 0.3 is 5.97 Å². The molecule has 1 fully saturated rings. The van der Waals surface area contributed by atoms with Crippen LogP contribution in [0.25, 0.3) is 0 Å². The van der Waals surface area contributed by atoms with Crippen molar-refractivity contribution in [1.29, 1.82) is 0 Å². The normalized spacial score (nSPS) is 17.0. The monoisotopic (exact) mass is 328 g/mol. The van der Waals surface area contributed by atoms with Gasteiger partial charge in [-0.05, 0) is 49.1 Å². The SMILES string of the molecule is O=C(O)c1ccc(C(=O)N2CCCC2Cc2cccc(F)c2)cn1. The number of halogens is 1. The van der Waals surface area contributed by atoms with Gasteiger partial charge in [0.05, 0.1) is 5.56 Å². The van der Waals surface area contributed by atoms with E-state index >= 15 is 0 Å². The molecule has 6 heteroatoms. The van der Waals surface area contributed by atoms with E-state index in [1.807, 2.05) is 6.07 Å². The lowest BCUT2D eigenvalue weighted by molar-refractivity contribution is 0.0685. The van der Waals surface area contributed by atoms with Crippen LogP contribution in [0, 0.1) is 5.82 Å². The van der Waals surface area contributed by atoms with Crippen molar-refractivity contribution in [3.05, 3.63) is 65.2 Å². The van der Waals surface area contributed by atoms with E-state index in [-0.39, 0.29) is 23.5 Å². The maximum absolute atomic E-state index is 13.3. The van der Waals surface area contributed by atoms with E-state index in [1.165, 1.54) is 30.5 Å². The Bertz CT molecular complexity index is 761. The van der Waals surface area contributed by atoms with Gasteiger partial charge in [0.15, 0.2) is 0 Å². The van der Waals surface area contributed by atoms with Gasteiger partial charge in [-0.1, -0.05) is 12.1 Å². The molecule has 1 unspecified atom stereocenters. The average Bonchev–Trinajstić information content (AvgIpc) is 3.02.